The topological polar surface area (TPSA) is 64.3 Å². The number of hydrogen-bond donors (Lipinski definition) is 2. The number of nitrogens with two attached hydrogens (primary N) is 1. The van der Waals surface area contributed by atoms with Crippen LogP contribution in [-0.2, 0) is 11.3 Å². The maximum Gasteiger partial charge on any atom is 0.255 e. The minimum atomic E-state index is -0.509. The normalized spacial score (nSPS) is 9.39. The highest BCUT2D eigenvalue weighted by molar-refractivity contribution is 6.30. The van der Waals surface area contributed by atoms with E-state index in [2.05, 4.69) is 11.9 Å². The summed E-state index contributed by atoms with van der Waals surface area (Å²) < 4.78 is 5.29. The predicted octanol–water partition coefficient (Wildman–Crippen LogP) is 1.90. The van der Waals surface area contributed by atoms with Crippen molar-refractivity contribution >= 4 is 29.9 Å². The summed E-state index contributed by atoms with van der Waals surface area (Å²) in [5, 5.41) is 3.75. The summed E-state index contributed by atoms with van der Waals surface area (Å²) in [6.07, 6.45) is 1.76. The van der Waals surface area contributed by atoms with Crippen LogP contribution in [0.2, 0.25) is 5.02 Å². The highest BCUT2D eigenvalue weighted by Gasteiger charge is 2.05. The molecule has 6 heteroatoms. The number of rotatable bonds is 7. The molecule has 4 nitrogen and oxygen atoms in total. The van der Waals surface area contributed by atoms with Gasteiger partial charge in [0.15, 0.2) is 6.61 Å². The van der Waals surface area contributed by atoms with Gasteiger partial charge in [-0.15, -0.1) is 19.0 Å². The first-order chi connectivity index (χ1) is 8.13. The van der Waals surface area contributed by atoms with Crippen LogP contribution in [0.1, 0.15) is 5.56 Å². The molecule has 100 valence electrons. The van der Waals surface area contributed by atoms with E-state index in [1.165, 1.54) is 0 Å². The summed E-state index contributed by atoms with van der Waals surface area (Å²) in [7, 11) is 0. The highest BCUT2D eigenvalue weighted by Crippen LogP contribution is 2.22. The Labute approximate surface area is 118 Å². The van der Waals surface area contributed by atoms with Gasteiger partial charge in [0, 0.05) is 23.7 Å². The SMILES string of the molecule is C=CCNCc1cc(Cl)ccc1OCC(N)=O.Cl. The quantitative estimate of drug-likeness (QED) is 0.595. The van der Waals surface area contributed by atoms with Gasteiger partial charge in [0.2, 0.25) is 0 Å². The summed E-state index contributed by atoms with van der Waals surface area (Å²) in [5.74, 6) is 0.0923. The predicted molar refractivity (Wildman–Crippen MR) is 75.3 cm³/mol. The second kappa shape index (κ2) is 8.80. The van der Waals surface area contributed by atoms with E-state index in [0.29, 0.717) is 23.9 Å². The minimum absolute atomic E-state index is 0. The van der Waals surface area contributed by atoms with E-state index < -0.39 is 5.91 Å². The van der Waals surface area contributed by atoms with Gasteiger partial charge in [-0.25, -0.2) is 0 Å². The second-order valence-electron chi connectivity index (χ2n) is 3.43. The van der Waals surface area contributed by atoms with E-state index >= 15 is 0 Å². The van der Waals surface area contributed by atoms with Crippen LogP contribution in [0.3, 0.4) is 0 Å². The van der Waals surface area contributed by atoms with E-state index in [0.717, 1.165) is 5.56 Å². The van der Waals surface area contributed by atoms with Gasteiger partial charge in [0.05, 0.1) is 0 Å². The van der Waals surface area contributed by atoms with Gasteiger partial charge in [-0.2, -0.15) is 0 Å². The van der Waals surface area contributed by atoms with E-state index in [1.807, 2.05) is 0 Å². The molecule has 1 rings (SSSR count). The molecule has 0 aromatic heterocycles. The zero-order valence-corrected chi connectivity index (χ0v) is 11.4. The molecule has 0 heterocycles. The lowest BCUT2D eigenvalue weighted by Gasteiger charge is -2.11. The Bertz CT molecular complexity index is 411. The molecule has 0 fully saturated rings. The van der Waals surface area contributed by atoms with E-state index in [4.69, 9.17) is 22.1 Å². The molecule has 18 heavy (non-hydrogen) atoms. The monoisotopic (exact) mass is 290 g/mol. The van der Waals surface area contributed by atoms with Crippen LogP contribution in [-0.4, -0.2) is 19.1 Å². The van der Waals surface area contributed by atoms with Crippen LogP contribution in [0.15, 0.2) is 30.9 Å². The fraction of sp³-hybridized carbons (Fsp3) is 0.250. The van der Waals surface area contributed by atoms with Crippen molar-refractivity contribution in [2.45, 2.75) is 6.54 Å². The molecule has 0 spiro atoms. The molecule has 1 amide bonds. The first-order valence-corrected chi connectivity index (χ1v) is 5.52. The van der Waals surface area contributed by atoms with Crippen LogP contribution >= 0.6 is 24.0 Å². The number of primary amides is 1. The fourth-order valence-corrected chi connectivity index (χ4v) is 1.48. The molecule has 3 N–H and O–H groups in total. The van der Waals surface area contributed by atoms with Gasteiger partial charge in [-0.1, -0.05) is 17.7 Å². The molecule has 0 aliphatic carbocycles. The molecular formula is C12H16Cl2N2O2. The van der Waals surface area contributed by atoms with Crippen molar-refractivity contribution in [3.05, 3.63) is 41.4 Å². The number of carbonyl (C=O) groups is 1. The van der Waals surface area contributed by atoms with Crippen molar-refractivity contribution in [3.63, 3.8) is 0 Å². The van der Waals surface area contributed by atoms with Crippen LogP contribution in [0, 0.1) is 0 Å². The Morgan fingerprint density at radius 3 is 2.89 bits per heavy atom. The number of carbonyl (C=O) groups excluding carboxylic acids is 1. The highest BCUT2D eigenvalue weighted by atomic mass is 35.5. The lowest BCUT2D eigenvalue weighted by atomic mass is 10.2. The third-order valence-corrected chi connectivity index (χ3v) is 2.23. The first kappa shape index (κ1) is 16.8. The Balaban J connectivity index is 0.00000289. The number of benzene rings is 1. The molecule has 0 saturated carbocycles. The lowest BCUT2D eigenvalue weighted by Crippen LogP contribution is -2.21. The molecule has 0 radical (unpaired) electrons. The standard InChI is InChI=1S/C12H15ClN2O2.ClH/c1-2-5-15-7-9-6-10(13)3-4-11(9)17-8-12(14)16;/h2-4,6,15H,1,5,7-8H2,(H2,14,16);1H. The summed E-state index contributed by atoms with van der Waals surface area (Å²) >= 11 is 5.90. The van der Waals surface area contributed by atoms with E-state index in [9.17, 15) is 4.79 Å². The maximum atomic E-state index is 10.7. The molecule has 1 aromatic rings. The van der Waals surface area contributed by atoms with Gasteiger partial charge in [0.1, 0.15) is 5.75 Å². The molecule has 0 aliphatic heterocycles. The Kier molecular flexibility index (Phi) is 8.20. The van der Waals surface area contributed by atoms with Crippen molar-refractivity contribution in [1.82, 2.24) is 5.32 Å². The zero-order chi connectivity index (χ0) is 12.7. The lowest BCUT2D eigenvalue weighted by molar-refractivity contribution is -0.119. The third kappa shape index (κ3) is 5.91. The summed E-state index contributed by atoms with van der Waals surface area (Å²) in [6, 6.07) is 5.21. The van der Waals surface area contributed by atoms with E-state index in [-0.39, 0.29) is 19.0 Å². The minimum Gasteiger partial charge on any atom is -0.483 e. The van der Waals surface area contributed by atoms with Crippen molar-refractivity contribution in [2.24, 2.45) is 5.73 Å². The van der Waals surface area contributed by atoms with Crippen molar-refractivity contribution in [3.8, 4) is 5.75 Å². The second-order valence-corrected chi connectivity index (χ2v) is 3.86. The molecule has 0 unspecified atom stereocenters. The average Bonchev–Trinajstić information content (AvgIpc) is 2.28. The first-order valence-electron chi connectivity index (χ1n) is 5.14. The largest absolute Gasteiger partial charge is 0.483 e. The fourth-order valence-electron chi connectivity index (χ4n) is 1.28. The number of hydrogen-bond acceptors (Lipinski definition) is 3. The van der Waals surface area contributed by atoms with Crippen molar-refractivity contribution in [1.29, 1.82) is 0 Å². The Morgan fingerprint density at radius 1 is 1.56 bits per heavy atom. The van der Waals surface area contributed by atoms with Crippen molar-refractivity contribution in [2.75, 3.05) is 13.2 Å². The summed E-state index contributed by atoms with van der Waals surface area (Å²) in [6.45, 7) is 4.73. The van der Waals surface area contributed by atoms with E-state index in [1.54, 1.807) is 24.3 Å². The molecule has 0 aliphatic rings. The van der Waals surface area contributed by atoms with Crippen LogP contribution in [0.4, 0.5) is 0 Å². The Morgan fingerprint density at radius 2 is 2.28 bits per heavy atom. The number of halogens is 2. The van der Waals surface area contributed by atoms with Gasteiger partial charge >= 0.3 is 0 Å². The maximum absolute atomic E-state index is 10.7. The molecule has 0 bridgehead atoms. The van der Waals surface area contributed by atoms with Crippen LogP contribution in [0.25, 0.3) is 0 Å². The zero-order valence-electron chi connectivity index (χ0n) is 9.82. The number of nitrogens with one attached hydrogen (secondary N) is 1. The van der Waals surface area contributed by atoms with Crippen LogP contribution < -0.4 is 15.8 Å². The smallest absolute Gasteiger partial charge is 0.255 e. The van der Waals surface area contributed by atoms with Crippen molar-refractivity contribution < 1.29 is 9.53 Å². The Hall–Kier alpha value is -1.23. The molecule has 0 saturated heterocycles. The molecular weight excluding hydrogens is 275 g/mol. The number of ether oxygens (including phenoxy) is 1. The summed E-state index contributed by atoms with van der Waals surface area (Å²) in [5.41, 5.74) is 5.90. The molecule has 0 atom stereocenters. The molecule has 1 aromatic carbocycles. The summed E-state index contributed by atoms with van der Waals surface area (Å²) in [4.78, 5) is 10.7. The van der Waals surface area contributed by atoms with Gasteiger partial charge in [-0.3, -0.25) is 4.79 Å². The number of amides is 1. The van der Waals surface area contributed by atoms with Gasteiger partial charge < -0.3 is 15.8 Å². The van der Waals surface area contributed by atoms with Crippen LogP contribution in [0.5, 0.6) is 5.75 Å². The van der Waals surface area contributed by atoms with Gasteiger partial charge in [0.25, 0.3) is 5.91 Å². The third-order valence-electron chi connectivity index (χ3n) is 2.00. The average molecular weight is 291 g/mol. The van der Waals surface area contributed by atoms with Gasteiger partial charge in [-0.05, 0) is 18.2 Å².